The van der Waals surface area contributed by atoms with Crippen LogP contribution in [0.3, 0.4) is 0 Å². The topological polar surface area (TPSA) is 80.0 Å². The summed E-state index contributed by atoms with van der Waals surface area (Å²) in [6.07, 6.45) is 2.12. The van der Waals surface area contributed by atoms with Gasteiger partial charge in [0, 0.05) is 12.2 Å². The maximum atomic E-state index is 11.3. The van der Waals surface area contributed by atoms with Crippen LogP contribution in [0.4, 0.5) is 17.2 Å². The minimum atomic E-state index is 0.0564. The zero-order chi connectivity index (χ0) is 14.1. The molecule has 0 saturated heterocycles. The van der Waals surface area contributed by atoms with Crippen LogP contribution in [0.2, 0.25) is 0 Å². The monoisotopic (exact) mass is 268 g/mol. The number of rotatable bonds is 3. The van der Waals surface area contributed by atoms with Gasteiger partial charge in [0.25, 0.3) is 0 Å². The molecule has 1 aliphatic rings. The fourth-order valence-corrected chi connectivity index (χ4v) is 2.25. The summed E-state index contributed by atoms with van der Waals surface area (Å²) in [6.45, 7) is 2.62. The van der Waals surface area contributed by atoms with Crippen LogP contribution in [0.5, 0.6) is 0 Å². The Morgan fingerprint density at radius 3 is 3.05 bits per heavy atom. The molecule has 3 rings (SSSR count). The molecule has 4 N–H and O–H groups in total. The predicted molar refractivity (Wildman–Crippen MR) is 79.5 cm³/mol. The average molecular weight is 268 g/mol. The molecule has 2 heterocycles. The van der Waals surface area contributed by atoms with Gasteiger partial charge in [0.05, 0.1) is 18.3 Å². The van der Waals surface area contributed by atoms with Crippen molar-refractivity contribution in [2.45, 2.75) is 19.9 Å². The van der Waals surface area contributed by atoms with Crippen molar-refractivity contribution in [1.29, 1.82) is 0 Å². The fraction of sp³-hybridized carbons (Fsp3) is 0.200. The van der Waals surface area contributed by atoms with E-state index in [1.165, 1.54) is 0 Å². The number of nitrogens with two attached hydrogens (primary N) is 1. The molecule has 0 atom stereocenters. The van der Waals surface area contributed by atoms with Crippen LogP contribution in [-0.4, -0.2) is 10.9 Å². The lowest BCUT2D eigenvalue weighted by molar-refractivity contribution is -0.115. The van der Waals surface area contributed by atoms with Gasteiger partial charge < -0.3 is 16.4 Å². The number of hydrogen-bond donors (Lipinski definition) is 3. The molecule has 0 aliphatic carbocycles. The molecule has 1 aliphatic heterocycles. The predicted octanol–water partition coefficient (Wildman–Crippen LogP) is 2.08. The maximum Gasteiger partial charge on any atom is 0.228 e. The highest BCUT2D eigenvalue weighted by molar-refractivity contribution is 5.99. The van der Waals surface area contributed by atoms with Gasteiger partial charge in [-0.3, -0.25) is 4.79 Å². The molecule has 1 aromatic carbocycles. The van der Waals surface area contributed by atoms with E-state index in [0.717, 1.165) is 28.2 Å². The van der Waals surface area contributed by atoms with Crippen LogP contribution >= 0.6 is 0 Å². The number of hydrogen-bond acceptors (Lipinski definition) is 4. The second kappa shape index (κ2) is 4.85. The first-order valence-corrected chi connectivity index (χ1v) is 6.49. The molecule has 0 saturated carbocycles. The van der Waals surface area contributed by atoms with E-state index < -0.39 is 0 Å². The number of aromatic nitrogens is 1. The van der Waals surface area contributed by atoms with E-state index in [0.29, 0.717) is 18.7 Å². The largest absolute Gasteiger partial charge is 0.397 e. The number of benzene rings is 1. The van der Waals surface area contributed by atoms with Crippen molar-refractivity contribution in [2.24, 2.45) is 0 Å². The molecule has 5 heteroatoms. The Labute approximate surface area is 117 Å². The minimum absolute atomic E-state index is 0.0564. The van der Waals surface area contributed by atoms with Crippen molar-refractivity contribution in [3.63, 3.8) is 0 Å². The Morgan fingerprint density at radius 2 is 2.25 bits per heavy atom. The van der Waals surface area contributed by atoms with Gasteiger partial charge in [-0.15, -0.1) is 0 Å². The second-order valence-corrected chi connectivity index (χ2v) is 5.00. The van der Waals surface area contributed by atoms with Gasteiger partial charge in [0.2, 0.25) is 5.91 Å². The highest BCUT2D eigenvalue weighted by atomic mass is 16.1. The molecule has 0 bridgehead atoms. The summed E-state index contributed by atoms with van der Waals surface area (Å²) in [5.41, 5.74) is 10.5. The first-order chi connectivity index (χ1) is 9.61. The number of nitrogens with zero attached hydrogens (tertiary/aromatic N) is 1. The highest BCUT2D eigenvalue weighted by Crippen LogP contribution is 2.24. The smallest absolute Gasteiger partial charge is 0.228 e. The summed E-state index contributed by atoms with van der Waals surface area (Å²) in [5, 5.41) is 6.09. The number of pyridine rings is 1. The molecule has 0 fully saturated rings. The first kappa shape index (κ1) is 12.5. The van der Waals surface area contributed by atoms with E-state index in [-0.39, 0.29) is 5.91 Å². The van der Waals surface area contributed by atoms with Crippen LogP contribution in [-0.2, 0) is 17.8 Å². The minimum Gasteiger partial charge on any atom is -0.397 e. The molecular formula is C15H16N4O. The molecular weight excluding hydrogens is 252 g/mol. The van der Waals surface area contributed by atoms with Gasteiger partial charge in [-0.05, 0) is 35.7 Å². The molecule has 1 amide bonds. The fourth-order valence-electron chi connectivity index (χ4n) is 2.25. The lowest BCUT2D eigenvalue weighted by Gasteiger charge is -2.08. The lowest BCUT2D eigenvalue weighted by Crippen LogP contribution is -2.03. The molecule has 2 aromatic rings. The van der Waals surface area contributed by atoms with E-state index in [2.05, 4.69) is 15.6 Å². The Morgan fingerprint density at radius 1 is 1.40 bits per heavy atom. The van der Waals surface area contributed by atoms with Gasteiger partial charge in [0.1, 0.15) is 5.82 Å². The molecule has 0 radical (unpaired) electrons. The molecule has 0 spiro atoms. The Bertz CT molecular complexity index is 682. The first-order valence-electron chi connectivity index (χ1n) is 6.49. The molecule has 5 nitrogen and oxygen atoms in total. The summed E-state index contributed by atoms with van der Waals surface area (Å²) < 4.78 is 0. The van der Waals surface area contributed by atoms with Crippen molar-refractivity contribution in [2.75, 3.05) is 16.4 Å². The van der Waals surface area contributed by atoms with Crippen LogP contribution in [0.25, 0.3) is 0 Å². The summed E-state index contributed by atoms with van der Waals surface area (Å²) in [7, 11) is 0. The van der Waals surface area contributed by atoms with Crippen LogP contribution in [0, 0.1) is 6.92 Å². The Kier molecular flexibility index (Phi) is 3.02. The van der Waals surface area contributed by atoms with Crippen LogP contribution in [0.15, 0.2) is 30.5 Å². The van der Waals surface area contributed by atoms with E-state index in [4.69, 9.17) is 5.73 Å². The quantitative estimate of drug-likeness (QED) is 0.796. The number of anilines is 3. The van der Waals surface area contributed by atoms with Crippen molar-refractivity contribution in [1.82, 2.24) is 4.98 Å². The Hall–Kier alpha value is -2.56. The Balaban J connectivity index is 1.71. The zero-order valence-corrected chi connectivity index (χ0v) is 11.2. The third kappa shape index (κ3) is 2.42. The van der Waals surface area contributed by atoms with Gasteiger partial charge >= 0.3 is 0 Å². The number of nitrogens with one attached hydrogen (secondary N) is 2. The molecule has 1 aromatic heterocycles. The van der Waals surface area contributed by atoms with E-state index in [9.17, 15) is 4.79 Å². The SMILES string of the molecule is Cc1cc(NCc2ccc3c(c2)CC(=O)N3)ncc1N. The van der Waals surface area contributed by atoms with Crippen LogP contribution < -0.4 is 16.4 Å². The van der Waals surface area contributed by atoms with Crippen LogP contribution in [0.1, 0.15) is 16.7 Å². The maximum absolute atomic E-state index is 11.3. The summed E-state index contributed by atoms with van der Waals surface area (Å²) in [6, 6.07) is 7.92. The number of carbonyl (C=O) groups excluding carboxylic acids is 1. The summed E-state index contributed by atoms with van der Waals surface area (Å²) in [4.78, 5) is 15.5. The van der Waals surface area contributed by atoms with E-state index >= 15 is 0 Å². The average Bonchev–Trinajstić information content (AvgIpc) is 2.79. The number of carbonyl (C=O) groups is 1. The van der Waals surface area contributed by atoms with Crippen molar-refractivity contribution >= 4 is 23.1 Å². The number of aryl methyl sites for hydroxylation is 1. The number of amides is 1. The lowest BCUT2D eigenvalue weighted by atomic mass is 10.1. The van der Waals surface area contributed by atoms with E-state index in [1.807, 2.05) is 31.2 Å². The standard InChI is InChI=1S/C15H16N4O/c1-9-4-14(18-8-12(9)16)17-7-10-2-3-13-11(5-10)6-15(20)19-13/h2-5,8H,6-7,16H2,1H3,(H,17,18)(H,19,20). The third-order valence-corrected chi connectivity index (χ3v) is 3.42. The van der Waals surface area contributed by atoms with Crippen molar-refractivity contribution in [3.8, 4) is 0 Å². The third-order valence-electron chi connectivity index (χ3n) is 3.42. The van der Waals surface area contributed by atoms with Gasteiger partial charge in [0.15, 0.2) is 0 Å². The van der Waals surface area contributed by atoms with E-state index in [1.54, 1.807) is 6.20 Å². The second-order valence-electron chi connectivity index (χ2n) is 5.00. The number of fused-ring (bicyclic) bond motifs is 1. The van der Waals surface area contributed by atoms with Crippen molar-refractivity contribution in [3.05, 3.63) is 47.2 Å². The van der Waals surface area contributed by atoms with Gasteiger partial charge in [-0.2, -0.15) is 0 Å². The molecule has 102 valence electrons. The van der Waals surface area contributed by atoms with Gasteiger partial charge in [-0.1, -0.05) is 12.1 Å². The molecule has 20 heavy (non-hydrogen) atoms. The van der Waals surface area contributed by atoms with Crippen molar-refractivity contribution < 1.29 is 4.79 Å². The summed E-state index contributed by atoms with van der Waals surface area (Å²) >= 11 is 0. The normalized spacial score (nSPS) is 12.9. The summed E-state index contributed by atoms with van der Waals surface area (Å²) in [5.74, 6) is 0.854. The zero-order valence-electron chi connectivity index (χ0n) is 11.2. The molecule has 0 unspecified atom stereocenters. The highest BCUT2D eigenvalue weighted by Gasteiger charge is 2.17. The number of nitrogen functional groups attached to an aromatic ring is 1. The van der Waals surface area contributed by atoms with Gasteiger partial charge in [-0.25, -0.2) is 4.98 Å².